The summed E-state index contributed by atoms with van der Waals surface area (Å²) in [5.41, 5.74) is 1.20. The molecule has 3 aromatic rings. The van der Waals surface area contributed by atoms with E-state index in [-0.39, 0.29) is 6.04 Å². The highest BCUT2D eigenvalue weighted by Crippen LogP contribution is 2.37. The molecule has 32 heavy (non-hydrogen) atoms. The van der Waals surface area contributed by atoms with Crippen molar-refractivity contribution in [3.8, 4) is 0 Å². The van der Waals surface area contributed by atoms with Gasteiger partial charge in [0, 0.05) is 36.2 Å². The normalized spacial score (nSPS) is 19.1. The SMILES string of the molecule is C[C@@](O)(CN1CCN(c2ccc(Cl)cc2Cl)[C@H](c2ccc(Cl)cc2)C1)c1ccc(F)cn1. The van der Waals surface area contributed by atoms with E-state index in [2.05, 4.69) is 14.8 Å². The van der Waals surface area contributed by atoms with E-state index in [9.17, 15) is 9.50 Å². The summed E-state index contributed by atoms with van der Waals surface area (Å²) in [6, 6.07) is 16.1. The molecule has 0 spiro atoms. The van der Waals surface area contributed by atoms with Crippen molar-refractivity contribution in [1.82, 2.24) is 9.88 Å². The molecule has 0 bridgehead atoms. The van der Waals surface area contributed by atoms with Crippen LogP contribution in [-0.2, 0) is 5.60 Å². The van der Waals surface area contributed by atoms with E-state index >= 15 is 0 Å². The number of β-amino-alcohol motifs (C(OH)–C–C–N with tert-alkyl or cyclic N) is 1. The summed E-state index contributed by atoms with van der Waals surface area (Å²) in [5, 5.41) is 12.9. The first-order valence-corrected chi connectivity index (χ1v) is 11.4. The van der Waals surface area contributed by atoms with Crippen LogP contribution in [0.15, 0.2) is 60.8 Å². The zero-order valence-corrected chi connectivity index (χ0v) is 19.7. The van der Waals surface area contributed by atoms with E-state index in [0.29, 0.717) is 46.9 Å². The lowest BCUT2D eigenvalue weighted by Crippen LogP contribution is -2.52. The van der Waals surface area contributed by atoms with Gasteiger partial charge in [-0.1, -0.05) is 46.9 Å². The van der Waals surface area contributed by atoms with Crippen molar-refractivity contribution < 1.29 is 9.50 Å². The molecular weight excluding hydrogens is 472 g/mol. The lowest BCUT2D eigenvalue weighted by molar-refractivity contribution is 0.00669. The van der Waals surface area contributed by atoms with Crippen LogP contribution in [0.1, 0.15) is 24.2 Å². The summed E-state index contributed by atoms with van der Waals surface area (Å²) >= 11 is 18.8. The summed E-state index contributed by atoms with van der Waals surface area (Å²) in [7, 11) is 0. The lowest BCUT2D eigenvalue weighted by Gasteiger charge is -2.45. The molecule has 0 aliphatic carbocycles. The highest BCUT2D eigenvalue weighted by Gasteiger charge is 2.34. The van der Waals surface area contributed by atoms with Crippen molar-refractivity contribution in [2.45, 2.75) is 18.6 Å². The number of benzene rings is 2. The van der Waals surface area contributed by atoms with Gasteiger partial charge in [-0.15, -0.1) is 0 Å². The Hall–Kier alpha value is -1.89. The largest absolute Gasteiger partial charge is 0.382 e. The Bertz CT molecular complexity index is 1080. The first kappa shape index (κ1) is 23.3. The molecule has 4 nitrogen and oxygen atoms in total. The van der Waals surface area contributed by atoms with Crippen molar-refractivity contribution in [3.63, 3.8) is 0 Å². The Morgan fingerprint density at radius 1 is 1.03 bits per heavy atom. The monoisotopic (exact) mass is 493 g/mol. The maximum Gasteiger partial charge on any atom is 0.141 e. The fraction of sp³-hybridized carbons (Fsp3) is 0.292. The molecule has 2 aromatic carbocycles. The first-order valence-electron chi connectivity index (χ1n) is 10.3. The van der Waals surface area contributed by atoms with E-state index in [0.717, 1.165) is 17.4 Å². The topological polar surface area (TPSA) is 39.6 Å². The van der Waals surface area contributed by atoms with Gasteiger partial charge in [0.1, 0.15) is 11.4 Å². The molecule has 1 aliphatic rings. The second kappa shape index (κ2) is 9.54. The maximum absolute atomic E-state index is 13.3. The van der Waals surface area contributed by atoms with Crippen LogP contribution in [0.25, 0.3) is 0 Å². The Kier molecular flexibility index (Phi) is 6.94. The van der Waals surface area contributed by atoms with Crippen LogP contribution in [0, 0.1) is 5.82 Å². The number of aromatic nitrogens is 1. The number of pyridine rings is 1. The van der Waals surface area contributed by atoms with Crippen LogP contribution in [0.2, 0.25) is 15.1 Å². The third-order valence-corrected chi connectivity index (χ3v) is 6.54. The average molecular weight is 495 g/mol. The van der Waals surface area contributed by atoms with Gasteiger partial charge in [-0.2, -0.15) is 0 Å². The van der Waals surface area contributed by atoms with E-state index < -0.39 is 11.4 Å². The molecule has 0 unspecified atom stereocenters. The van der Waals surface area contributed by atoms with E-state index in [1.165, 1.54) is 12.1 Å². The van der Waals surface area contributed by atoms with Gasteiger partial charge in [-0.05, 0) is 55.0 Å². The van der Waals surface area contributed by atoms with Gasteiger partial charge in [-0.25, -0.2) is 4.39 Å². The fourth-order valence-corrected chi connectivity index (χ4v) is 4.81. The van der Waals surface area contributed by atoms with Gasteiger partial charge < -0.3 is 10.0 Å². The second-order valence-electron chi connectivity index (χ2n) is 8.23. The predicted octanol–water partition coefficient (Wildman–Crippen LogP) is 5.95. The van der Waals surface area contributed by atoms with Gasteiger partial charge in [-0.3, -0.25) is 9.88 Å². The van der Waals surface area contributed by atoms with Crippen LogP contribution < -0.4 is 4.90 Å². The standard InChI is InChI=1S/C24H23Cl3FN3O/c1-24(32,23-9-7-19(28)13-29-23)15-30-10-11-31(21-8-6-18(26)12-20(21)27)22(14-30)16-2-4-17(25)5-3-16/h2-9,12-13,22,32H,10-11,14-15H2,1H3/t22-,24+/m0/s1. The van der Waals surface area contributed by atoms with Crippen molar-refractivity contribution in [1.29, 1.82) is 0 Å². The quantitative estimate of drug-likeness (QED) is 0.476. The molecule has 1 N–H and O–H groups in total. The van der Waals surface area contributed by atoms with Gasteiger partial charge >= 0.3 is 0 Å². The Morgan fingerprint density at radius 2 is 1.75 bits per heavy atom. The zero-order chi connectivity index (χ0) is 22.9. The van der Waals surface area contributed by atoms with Crippen molar-refractivity contribution >= 4 is 40.5 Å². The van der Waals surface area contributed by atoms with Gasteiger partial charge in [0.05, 0.1) is 28.6 Å². The zero-order valence-electron chi connectivity index (χ0n) is 17.5. The van der Waals surface area contributed by atoms with Crippen molar-refractivity contribution in [3.05, 3.63) is 92.9 Å². The third-order valence-electron chi connectivity index (χ3n) is 5.75. The van der Waals surface area contributed by atoms with E-state index in [1.54, 1.807) is 13.0 Å². The number of hydrogen-bond acceptors (Lipinski definition) is 4. The third kappa shape index (κ3) is 5.19. The minimum absolute atomic E-state index is 0.0170. The van der Waals surface area contributed by atoms with Gasteiger partial charge in [0.2, 0.25) is 0 Å². The molecule has 1 fully saturated rings. The second-order valence-corrected chi connectivity index (χ2v) is 9.51. The molecule has 168 valence electrons. The van der Waals surface area contributed by atoms with E-state index in [4.69, 9.17) is 34.8 Å². The smallest absolute Gasteiger partial charge is 0.141 e. The number of rotatable bonds is 5. The van der Waals surface area contributed by atoms with Crippen LogP contribution in [0.5, 0.6) is 0 Å². The summed E-state index contributed by atoms with van der Waals surface area (Å²) in [4.78, 5) is 8.52. The first-order chi connectivity index (χ1) is 15.2. The molecule has 0 amide bonds. The lowest BCUT2D eigenvalue weighted by atomic mass is 9.97. The predicted molar refractivity (Wildman–Crippen MR) is 128 cm³/mol. The summed E-state index contributed by atoms with van der Waals surface area (Å²) in [6.07, 6.45) is 1.13. The molecule has 1 aromatic heterocycles. The number of hydrogen-bond donors (Lipinski definition) is 1. The summed E-state index contributed by atoms with van der Waals surface area (Å²) in [6.45, 7) is 4.12. The molecule has 1 saturated heterocycles. The summed E-state index contributed by atoms with van der Waals surface area (Å²) < 4.78 is 13.3. The van der Waals surface area contributed by atoms with Crippen LogP contribution in [0.3, 0.4) is 0 Å². The number of anilines is 1. The highest BCUT2D eigenvalue weighted by molar-refractivity contribution is 6.36. The Balaban J connectivity index is 1.61. The molecule has 1 aliphatic heterocycles. The molecular formula is C24H23Cl3FN3O. The maximum atomic E-state index is 13.3. The van der Waals surface area contributed by atoms with E-state index in [1.807, 2.05) is 36.4 Å². The molecule has 4 rings (SSSR count). The van der Waals surface area contributed by atoms with Crippen LogP contribution in [-0.4, -0.2) is 41.2 Å². The Morgan fingerprint density at radius 3 is 2.41 bits per heavy atom. The minimum atomic E-state index is -1.22. The average Bonchev–Trinajstić information content (AvgIpc) is 2.75. The van der Waals surface area contributed by atoms with Crippen LogP contribution >= 0.6 is 34.8 Å². The minimum Gasteiger partial charge on any atom is -0.382 e. The van der Waals surface area contributed by atoms with Crippen LogP contribution in [0.4, 0.5) is 10.1 Å². The number of piperazine rings is 1. The van der Waals surface area contributed by atoms with Crippen molar-refractivity contribution in [2.75, 3.05) is 31.1 Å². The Labute approximate surface area is 202 Å². The van der Waals surface area contributed by atoms with Gasteiger partial charge in [0.25, 0.3) is 0 Å². The number of nitrogens with zero attached hydrogens (tertiary/aromatic N) is 3. The molecule has 2 heterocycles. The fourth-order valence-electron chi connectivity index (χ4n) is 4.17. The van der Waals surface area contributed by atoms with Crippen molar-refractivity contribution in [2.24, 2.45) is 0 Å². The molecule has 0 saturated carbocycles. The number of halogens is 4. The highest BCUT2D eigenvalue weighted by atomic mass is 35.5. The molecule has 0 radical (unpaired) electrons. The summed E-state index contributed by atoms with van der Waals surface area (Å²) in [5.74, 6) is -0.430. The number of aliphatic hydroxyl groups is 1. The molecule has 8 heteroatoms. The van der Waals surface area contributed by atoms with Gasteiger partial charge in [0.15, 0.2) is 0 Å². The molecule has 2 atom stereocenters.